The standard InChI is InChI=1S/C35H33F6N2O/c1-18-16-32(3,4)42(7)27-14-29-25(12-23(18)27)31(20-9-21(34(36,37)38)11-22(10-20)35(39,40)41)26-13-24-19(2)17-33(5,6)43(8)28(24)15-30(26)44-29/h9-17H,1-8H3/q+1. The zero-order valence-corrected chi connectivity index (χ0v) is 25.8. The summed E-state index contributed by atoms with van der Waals surface area (Å²) in [5.41, 5.74) is 1.51. The van der Waals surface area contributed by atoms with Gasteiger partial charge in [-0.2, -0.15) is 26.3 Å². The molecular weight excluding hydrogens is 578 g/mol. The molecule has 44 heavy (non-hydrogen) atoms. The van der Waals surface area contributed by atoms with Crippen molar-refractivity contribution >= 4 is 22.4 Å². The van der Waals surface area contributed by atoms with Gasteiger partial charge in [0, 0.05) is 60.1 Å². The number of halogens is 6. The van der Waals surface area contributed by atoms with Crippen molar-refractivity contribution in [3.8, 4) is 11.5 Å². The van der Waals surface area contributed by atoms with E-state index in [9.17, 15) is 26.3 Å². The Morgan fingerprint density at radius 1 is 0.705 bits per heavy atom. The molecule has 0 atom stereocenters. The van der Waals surface area contributed by atoms with Crippen molar-refractivity contribution in [1.82, 2.24) is 4.58 Å². The van der Waals surface area contributed by atoms with Crippen LogP contribution in [-0.2, 0) is 12.4 Å². The molecule has 0 radical (unpaired) electrons. The number of fused-ring (bicyclic) bond motifs is 4. The second-order valence-corrected chi connectivity index (χ2v) is 13.1. The van der Waals surface area contributed by atoms with Gasteiger partial charge >= 0.3 is 12.4 Å². The zero-order valence-electron chi connectivity index (χ0n) is 25.8. The molecule has 0 N–H and O–H groups in total. The quantitative estimate of drug-likeness (QED) is 0.160. The summed E-state index contributed by atoms with van der Waals surface area (Å²) in [6.45, 7) is 12.2. The maximum absolute atomic E-state index is 14.1. The number of ether oxygens (including phenoxy) is 1. The third-order valence-corrected chi connectivity index (χ3v) is 9.27. The van der Waals surface area contributed by atoms with Crippen molar-refractivity contribution in [3.05, 3.63) is 98.6 Å². The van der Waals surface area contributed by atoms with E-state index in [4.69, 9.17) is 4.74 Å². The molecule has 0 unspecified atom stereocenters. The Bertz CT molecular complexity index is 1930. The van der Waals surface area contributed by atoms with Gasteiger partial charge < -0.3 is 9.64 Å². The number of allylic oxidation sites excluding steroid dienone is 2. The lowest BCUT2D eigenvalue weighted by molar-refractivity contribution is -0.143. The summed E-state index contributed by atoms with van der Waals surface area (Å²) in [4.78, 5) is 2.08. The van der Waals surface area contributed by atoms with E-state index in [-0.39, 0.29) is 28.3 Å². The molecule has 3 aromatic carbocycles. The molecule has 3 aliphatic rings. The lowest BCUT2D eigenvalue weighted by Gasteiger charge is -2.41. The molecule has 9 heteroatoms. The predicted molar refractivity (Wildman–Crippen MR) is 161 cm³/mol. The maximum atomic E-state index is 14.1. The van der Waals surface area contributed by atoms with Crippen molar-refractivity contribution in [2.24, 2.45) is 0 Å². The molecule has 0 saturated carbocycles. The number of nitrogens with zero attached hydrogens (tertiary/aromatic N) is 2. The van der Waals surface area contributed by atoms with Gasteiger partial charge in [-0.25, -0.2) is 4.58 Å². The molecule has 230 valence electrons. The van der Waals surface area contributed by atoms with Gasteiger partial charge in [-0.15, -0.1) is 0 Å². The molecule has 6 rings (SSSR count). The van der Waals surface area contributed by atoms with Gasteiger partial charge in [0.2, 0.25) is 5.36 Å². The van der Waals surface area contributed by atoms with Gasteiger partial charge in [0.05, 0.1) is 22.7 Å². The van der Waals surface area contributed by atoms with E-state index in [0.29, 0.717) is 22.3 Å². The molecular formula is C35H33F6N2O+. The van der Waals surface area contributed by atoms with Gasteiger partial charge in [0.15, 0.2) is 5.54 Å². The minimum atomic E-state index is -4.99. The fourth-order valence-corrected chi connectivity index (χ4v) is 6.59. The molecule has 3 aromatic rings. The van der Waals surface area contributed by atoms with Crippen LogP contribution in [0.15, 0.2) is 54.6 Å². The highest BCUT2D eigenvalue weighted by atomic mass is 19.4. The molecule has 3 heterocycles. The first-order valence-corrected chi connectivity index (χ1v) is 14.3. The summed E-state index contributed by atoms with van der Waals surface area (Å²) in [5, 5.41) is 1.28. The van der Waals surface area contributed by atoms with E-state index in [1.54, 1.807) is 0 Å². The molecule has 0 bridgehead atoms. The fourth-order valence-electron chi connectivity index (χ4n) is 6.59. The van der Waals surface area contributed by atoms with Crippen LogP contribution in [0.1, 0.15) is 74.9 Å². The Balaban J connectivity index is 1.78. The first kappa shape index (κ1) is 30.0. The molecule has 0 aromatic heterocycles. The van der Waals surface area contributed by atoms with Crippen LogP contribution in [0.4, 0.5) is 32.0 Å². The monoisotopic (exact) mass is 611 g/mol. The number of benzene rings is 3. The number of alkyl halides is 6. The van der Waals surface area contributed by atoms with Gasteiger partial charge in [-0.1, -0.05) is 6.08 Å². The Kier molecular flexibility index (Phi) is 6.32. The molecule has 3 aliphatic heterocycles. The highest BCUT2D eigenvalue weighted by Gasteiger charge is 2.39. The third-order valence-electron chi connectivity index (χ3n) is 9.27. The largest absolute Gasteiger partial charge is 0.456 e. The average molecular weight is 612 g/mol. The van der Waals surface area contributed by atoms with E-state index in [2.05, 4.69) is 49.3 Å². The number of rotatable bonds is 1. The van der Waals surface area contributed by atoms with E-state index < -0.39 is 23.5 Å². The van der Waals surface area contributed by atoms with Gasteiger partial charge in [0.1, 0.15) is 18.5 Å². The third kappa shape index (κ3) is 4.63. The van der Waals surface area contributed by atoms with Crippen molar-refractivity contribution in [2.45, 2.75) is 65.0 Å². The van der Waals surface area contributed by atoms with Crippen molar-refractivity contribution in [1.29, 1.82) is 0 Å². The smallest absolute Gasteiger partial charge is 0.416 e. The summed E-state index contributed by atoms with van der Waals surface area (Å²) >= 11 is 0. The summed E-state index contributed by atoms with van der Waals surface area (Å²) < 4.78 is 92.9. The van der Waals surface area contributed by atoms with Crippen LogP contribution in [0.2, 0.25) is 0 Å². The van der Waals surface area contributed by atoms with E-state index >= 15 is 0 Å². The van der Waals surface area contributed by atoms with Crippen LogP contribution in [0.5, 0.6) is 11.5 Å². The second kappa shape index (κ2) is 9.25. The van der Waals surface area contributed by atoms with Gasteiger partial charge in [-0.3, -0.25) is 0 Å². The predicted octanol–water partition coefficient (Wildman–Crippen LogP) is 8.03. The van der Waals surface area contributed by atoms with Crippen LogP contribution in [0.3, 0.4) is 0 Å². The minimum absolute atomic E-state index is 0.165. The Hall–Kier alpha value is -4.01. The average Bonchev–Trinajstić information content (AvgIpc) is 2.90. The highest BCUT2D eigenvalue weighted by molar-refractivity contribution is 5.92. The van der Waals surface area contributed by atoms with Gasteiger partial charge in [0.25, 0.3) is 0 Å². The molecule has 0 amide bonds. The maximum Gasteiger partial charge on any atom is 0.416 e. The first-order valence-electron chi connectivity index (χ1n) is 14.3. The van der Waals surface area contributed by atoms with Crippen LogP contribution >= 0.6 is 0 Å². The van der Waals surface area contributed by atoms with E-state index in [0.717, 1.165) is 45.5 Å². The van der Waals surface area contributed by atoms with Crippen LogP contribution < -0.4 is 24.8 Å². The SMILES string of the molecule is CC1=CC(C)(C)N(C)c2cc3c(cc21)C(c1cc(C(F)(F)F)cc(C(F)(F)F)c1)=c1cc2c(cc1O3)=[N+](C)C(C)(C)C=C2C. The molecule has 0 aliphatic carbocycles. The fraction of sp³-hybridized carbons (Fsp3) is 0.343. The molecule has 0 fully saturated rings. The van der Waals surface area contributed by atoms with Crippen LogP contribution in [0.25, 0.3) is 16.7 Å². The zero-order chi connectivity index (χ0) is 32.3. The van der Waals surface area contributed by atoms with E-state index in [1.165, 1.54) is 0 Å². The molecule has 0 spiro atoms. The Labute approximate surface area is 252 Å². The highest BCUT2D eigenvalue weighted by Crippen LogP contribution is 2.47. The molecule has 3 nitrogen and oxygen atoms in total. The lowest BCUT2D eigenvalue weighted by atomic mass is 9.84. The topological polar surface area (TPSA) is 15.5 Å². The number of hydrogen-bond acceptors (Lipinski definition) is 2. The summed E-state index contributed by atoms with van der Waals surface area (Å²) in [6, 6.07) is 9.09. The van der Waals surface area contributed by atoms with Crippen molar-refractivity contribution in [2.75, 3.05) is 19.0 Å². The van der Waals surface area contributed by atoms with Gasteiger partial charge in [-0.05, 0) is 80.8 Å². The normalized spacial score (nSPS) is 18.5. The lowest BCUT2D eigenvalue weighted by Crippen LogP contribution is -2.47. The molecule has 0 saturated heterocycles. The first-order chi connectivity index (χ1) is 20.2. The van der Waals surface area contributed by atoms with Crippen molar-refractivity contribution < 1.29 is 31.1 Å². The number of hydrogen-bond donors (Lipinski definition) is 0. The summed E-state index contributed by atoms with van der Waals surface area (Å²) in [7, 11) is 3.89. The second-order valence-electron chi connectivity index (χ2n) is 13.1. The summed E-state index contributed by atoms with van der Waals surface area (Å²) in [6.07, 6.45) is -5.79. The van der Waals surface area contributed by atoms with Crippen LogP contribution in [-0.4, -0.2) is 25.2 Å². The van der Waals surface area contributed by atoms with Crippen molar-refractivity contribution in [3.63, 3.8) is 0 Å². The Morgan fingerprint density at radius 3 is 1.89 bits per heavy atom. The number of anilines is 1. The Morgan fingerprint density at radius 2 is 1.30 bits per heavy atom. The summed E-state index contributed by atoms with van der Waals surface area (Å²) in [5.74, 6) is 0.721. The van der Waals surface area contributed by atoms with Crippen LogP contribution in [0, 0.1) is 0 Å². The minimum Gasteiger partial charge on any atom is -0.456 e. The van der Waals surface area contributed by atoms with E-state index in [1.807, 2.05) is 52.2 Å². The number of likely N-dealkylation sites (N-methyl/N-ethyl adjacent to an activating group) is 2.